The Bertz CT molecular complexity index is 1200. The number of aromatic nitrogens is 1. The van der Waals surface area contributed by atoms with Crippen LogP contribution in [0.1, 0.15) is 41.7 Å². The topological polar surface area (TPSA) is 109 Å². The predicted molar refractivity (Wildman–Crippen MR) is 117 cm³/mol. The van der Waals surface area contributed by atoms with Crippen molar-refractivity contribution in [3.63, 3.8) is 0 Å². The molecule has 1 saturated heterocycles. The molecule has 4 rings (SSSR count). The van der Waals surface area contributed by atoms with Gasteiger partial charge in [-0.1, -0.05) is 24.6 Å². The largest absolute Gasteiger partial charge is 0.345 e. The second kappa shape index (κ2) is 8.29. The van der Waals surface area contributed by atoms with E-state index in [4.69, 9.17) is 0 Å². The molecule has 0 atom stereocenters. The average Bonchev–Trinajstić information content (AvgIpc) is 3.16. The van der Waals surface area contributed by atoms with Crippen molar-refractivity contribution >= 4 is 31.8 Å². The van der Waals surface area contributed by atoms with E-state index in [1.807, 2.05) is 12.1 Å². The van der Waals surface area contributed by atoms with Gasteiger partial charge in [0.1, 0.15) is 10.6 Å². The average molecular weight is 467 g/mol. The molecule has 1 fully saturated rings. The summed E-state index contributed by atoms with van der Waals surface area (Å²) < 4.78 is 57.7. The summed E-state index contributed by atoms with van der Waals surface area (Å²) in [7, 11) is -6.35. The summed E-state index contributed by atoms with van der Waals surface area (Å²) in [5.74, 6) is -0.870. The van der Waals surface area contributed by atoms with E-state index < -0.39 is 26.1 Å². The van der Waals surface area contributed by atoms with Crippen LogP contribution >= 0.6 is 0 Å². The van der Waals surface area contributed by atoms with E-state index in [1.165, 1.54) is 32.5 Å². The lowest BCUT2D eigenvalue weighted by molar-refractivity contribution is 0.0973. The van der Waals surface area contributed by atoms with Gasteiger partial charge in [-0.3, -0.25) is 9.10 Å². The monoisotopic (exact) mass is 466 g/mol. The molecule has 11 heteroatoms. The number of carbonyl (C=O) groups is 1. The number of benzene rings is 1. The minimum absolute atomic E-state index is 0.0113. The number of nitrogens with one attached hydrogen (secondary N) is 1. The summed E-state index contributed by atoms with van der Waals surface area (Å²) >= 11 is 0. The van der Waals surface area contributed by atoms with Crippen molar-refractivity contribution < 1.29 is 21.6 Å². The first kappa shape index (κ1) is 21.8. The third kappa shape index (κ3) is 4.21. The molecule has 9 nitrogen and oxygen atoms in total. The summed E-state index contributed by atoms with van der Waals surface area (Å²) in [5, 5.41) is 0. The number of amides is 1. The molecule has 1 amide bonds. The summed E-state index contributed by atoms with van der Waals surface area (Å²) in [6.45, 7) is 1.16. The number of aryl methyl sites for hydroxylation is 2. The Kier molecular flexibility index (Phi) is 5.84. The summed E-state index contributed by atoms with van der Waals surface area (Å²) in [6, 6.07) is 8.42. The Morgan fingerprint density at radius 1 is 0.968 bits per heavy atom. The Morgan fingerprint density at radius 2 is 1.68 bits per heavy atom. The molecule has 1 aromatic carbocycles. The maximum absolute atomic E-state index is 13.0. The van der Waals surface area contributed by atoms with Crippen LogP contribution in [0, 0.1) is 0 Å². The number of hydrogen-bond acceptors (Lipinski definition) is 5. The van der Waals surface area contributed by atoms with Crippen LogP contribution in [0.25, 0.3) is 0 Å². The molecule has 0 spiro atoms. The van der Waals surface area contributed by atoms with Crippen molar-refractivity contribution in [2.24, 2.45) is 7.05 Å². The van der Waals surface area contributed by atoms with Crippen LogP contribution < -0.4 is 9.03 Å². The summed E-state index contributed by atoms with van der Waals surface area (Å²) in [4.78, 5) is 12.8. The summed E-state index contributed by atoms with van der Waals surface area (Å²) in [6.07, 6.45) is 5.36. The first-order valence-electron chi connectivity index (χ1n) is 10.3. The van der Waals surface area contributed by atoms with Crippen LogP contribution in [0.15, 0.2) is 41.4 Å². The van der Waals surface area contributed by atoms with Crippen molar-refractivity contribution in [3.05, 3.63) is 47.8 Å². The number of anilines is 1. The van der Waals surface area contributed by atoms with Gasteiger partial charge in [0.2, 0.25) is 10.0 Å². The molecule has 0 radical (unpaired) electrons. The number of para-hydroxylation sites is 1. The van der Waals surface area contributed by atoms with E-state index >= 15 is 0 Å². The van der Waals surface area contributed by atoms with E-state index in [0.29, 0.717) is 25.2 Å². The Morgan fingerprint density at radius 3 is 2.42 bits per heavy atom. The van der Waals surface area contributed by atoms with Gasteiger partial charge in [-0.2, -0.15) is 12.7 Å². The van der Waals surface area contributed by atoms with Gasteiger partial charge < -0.3 is 4.57 Å². The number of rotatable bonds is 5. The lowest BCUT2D eigenvalue weighted by Crippen LogP contribution is -2.46. The molecule has 1 N–H and O–H groups in total. The lowest BCUT2D eigenvalue weighted by atomic mass is 10.0. The Balaban J connectivity index is 1.57. The molecule has 2 aliphatic rings. The van der Waals surface area contributed by atoms with Crippen LogP contribution in [-0.2, 0) is 33.7 Å². The van der Waals surface area contributed by atoms with E-state index in [0.717, 1.165) is 31.2 Å². The second-order valence-corrected chi connectivity index (χ2v) is 11.4. The Labute approximate surface area is 182 Å². The number of fused-ring (bicyclic) bond motifs is 1. The normalized spacial score (nSPS) is 17.9. The minimum atomic E-state index is -4.15. The van der Waals surface area contributed by atoms with Crippen LogP contribution in [0.5, 0.6) is 0 Å². The highest BCUT2D eigenvalue weighted by Crippen LogP contribution is 2.29. The fourth-order valence-electron chi connectivity index (χ4n) is 4.13. The molecule has 2 aliphatic heterocycles. The number of hydrogen-bond donors (Lipinski definition) is 1. The number of carbonyl (C=O) groups excluding carboxylic acids is 1. The molecule has 0 unspecified atom stereocenters. The van der Waals surface area contributed by atoms with E-state index in [1.54, 1.807) is 12.1 Å². The number of piperidine rings is 1. The summed E-state index contributed by atoms with van der Waals surface area (Å²) in [5.41, 5.74) is 1.42. The lowest BCUT2D eigenvalue weighted by Gasteiger charge is -2.30. The minimum Gasteiger partial charge on any atom is -0.345 e. The van der Waals surface area contributed by atoms with Crippen LogP contribution in [0.4, 0.5) is 5.69 Å². The molecular formula is C20H26N4O5S2. The van der Waals surface area contributed by atoms with Gasteiger partial charge in [0.25, 0.3) is 5.91 Å². The molecule has 2 aromatic rings. The first-order chi connectivity index (χ1) is 14.7. The van der Waals surface area contributed by atoms with E-state index in [9.17, 15) is 21.6 Å². The third-order valence-electron chi connectivity index (χ3n) is 5.74. The van der Waals surface area contributed by atoms with Crippen molar-refractivity contribution in [1.82, 2.24) is 13.6 Å². The Hall–Kier alpha value is -2.37. The van der Waals surface area contributed by atoms with Crippen molar-refractivity contribution in [3.8, 4) is 0 Å². The molecule has 0 aliphatic carbocycles. The van der Waals surface area contributed by atoms with Crippen LogP contribution in [0.2, 0.25) is 0 Å². The fourth-order valence-corrected chi connectivity index (χ4v) is 6.97. The molecule has 0 saturated carbocycles. The smallest absolute Gasteiger partial charge is 0.326 e. The second-order valence-electron chi connectivity index (χ2n) is 7.88. The zero-order valence-corrected chi connectivity index (χ0v) is 19.0. The quantitative estimate of drug-likeness (QED) is 0.720. The van der Waals surface area contributed by atoms with Crippen LogP contribution in [0.3, 0.4) is 0 Å². The van der Waals surface area contributed by atoms with E-state index in [-0.39, 0.29) is 17.1 Å². The zero-order valence-electron chi connectivity index (χ0n) is 17.3. The highest BCUT2D eigenvalue weighted by atomic mass is 32.2. The SMILES string of the molecule is Cn1cc(S(=O)(=O)N2CCCCC2)cc1C(=O)NS(=O)(=O)N1CCCc2ccccc21. The number of sulfonamides is 1. The molecule has 0 bridgehead atoms. The molecular weight excluding hydrogens is 440 g/mol. The van der Waals surface area contributed by atoms with Gasteiger partial charge in [-0.25, -0.2) is 13.1 Å². The van der Waals surface area contributed by atoms with Crippen molar-refractivity contribution in [1.29, 1.82) is 0 Å². The molecule has 31 heavy (non-hydrogen) atoms. The fraction of sp³-hybridized carbons (Fsp3) is 0.450. The van der Waals surface area contributed by atoms with Gasteiger partial charge in [-0.15, -0.1) is 0 Å². The standard InChI is InChI=1S/C20H26N4O5S2/c1-22-15-17(30(26,27)23-11-5-2-6-12-23)14-19(22)20(25)21-31(28,29)24-13-7-9-16-8-3-4-10-18(16)24/h3-4,8,10,14-15H,2,5-7,9,11-13H2,1H3,(H,21,25). The van der Waals surface area contributed by atoms with Gasteiger partial charge >= 0.3 is 10.2 Å². The maximum atomic E-state index is 13.0. The van der Waals surface area contributed by atoms with E-state index in [2.05, 4.69) is 4.72 Å². The van der Waals surface area contributed by atoms with Crippen molar-refractivity contribution in [2.75, 3.05) is 23.9 Å². The molecule has 1 aromatic heterocycles. The number of nitrogens with zero attached hydrogens (tertiary/aromatic N) is 3. The molecule has 168 valence electrons. The first-order valence-corrected chi connectivity index (χ1v) is 13.2. The van der Waals surface area contributed by atoms with Crippen LogP contribution in [-0.4, -0.2) is 51.2 Å². The van der Waals surface area contributed by atoms with Gasteiger partial charge in [0.05, 0.1) is 5.69 Å². The zero-order chi connectivity index (χ0) is 22.2. The molecule has 3 heterocycles. The van der Waals surface area contributed by atoms with Crippen molar-refractivity contribution in [2.45, 2.75) is 37.0 Å². The van der Waals surface area contributed by atoms with Gasteiger partial charge in [0, 0.05) is 32.9 Å². The van der Waals surface area contributed by atoms with Gasteiger partial charge in [0.15, 0.2) is 0 Å². The third-order valence-corrected chi connectivity index (χ3v) is 9.01. The van der Waals surface area contributed by atoms with Gasteiger partial charge in [-0.05, 0) is 43.4 Å². The highest BCUT2D eigenvalue weighted by Gasteiger charge is 2.32. The highest BCUT2D eigenvalue weighted by molar-refractivity contribution is 7.91. The predicted octanol–water partition coefficient (Wildman–Crippen LogP) is 1.63. The maximum Gasteiger partial charge on any atom is 0.326 e.